The van der Waals surface area contributed by atoms with Gasteiger partial charge in [-0.15, -0.1) is 0 Å². The Kier molecular flexibility index (Phi) is 4.34. The smallest absolute Gasteiger partial charge is 0.152 e. The van der Waals surface area contributed by atoms with Gasteiger partial charge in [-0.3, -0.25) is 9.80 Å². The third kappa shape index (κ3) is 2.76. The van der Waals surface area contributed by atoms with Gasteiger partial charge in [0.05, 0.1) is 5.25 Å². The Labute approximate surface area is 128 Å². The maximum absolute atomic E-state index is 12.2. The summed E-state index contributed by atoms with van der Waals surface area (Å²) >= 11 is 0. The van der Waals surface area contributed by atoms with E-state index in [1.807, 2.05) is 0 Å². The summed E-state index contributed by atoms with van der Waals surface area (Å²) in [5, 5.41) is -0.271. The molecule has 122 valence electrons. The second kappa shape index (κ2) is 5.80. The fraction of sp³-hybridized carbons (Fsp3) is 1.00. The predicted molar refractivity (Wildman–Crippen MR) is 85.1 cm³/mol. The largest absolute Gasteiger partial charge is 0.329 e. The highest BCUT2D eigenvalue weighted by Gasteiger charge is 2.52. The predicted octanol–water partition coefficient (Wildman–Crippen LogP) is 0.451. The number of likely N-dealkylation sites (tertiary alicyclic amines) is 2. The Bertz CT molecular complexity index is 475. The second-order valence-corrected chi connectivity index (χ2v) is 9.38. The van der Waals surface area contributed by atoms with Crippen molar-refractivity contribution in [3.63, 3.8) is 0 Å². The standard InChI is InChI=1S/C15H29N3O2S/c1-21(19,20)14-5-4-7-15(14,12-16)18-10-6-13(11-18)17-8-2-3-9-17/h13-14H,2-12,16H2,1H3. The summed E-state index contributed by atoms with van der Waals surface area (Å²) < 4.78 is 24.4. The van der Waals surface area contributed by atoms with Gasteiger partial charge in [0, 0.05) is 37.5 Å². The lowest BCUT2D eigenvalue weighted by molar-refractivity contribution is 0.118. The number of hydrogen-bond acceptors (Lipinski definition) is 5. The average Bonchev–Trinajstić information content (AvgIpc) is 3.17. The van der Waals surface area contributed by atoms with Gasteiger partial charge in [-0.25, -0.2) is 8.42 Å². The SMILES string of the molecule is CS(=O)(=O)C1CCCC1(CN)N1CCC(N2CCCC2)C1. The quantitative estimate of drug-likeness (QED) is 0.816. The molecule has 1 aliphatic carbocycles. The van der Waals surface area contributed by atoms with Crippen molar-refractivity contribution in [2.24, 2.45) is 5.73 Å². The van der Waals surface area contributed by atoms with E-state index in [1.54, 1.807) is 0 Å². The van der Waals surface area contributed by atoms with Gasteiger partial charge in [-0.2, -0.15) is 0 Å². The van der Waals surface area contributed by atoms with Gasteiger partial charge in [0.25, 0.3) is 0 Å². The van der Waals surface area contributed by atoms with Gasteiger partial charge >= 0.3 is 0 Å². The van der Waals surface area contributed by atoms with Crippen LogP contribution in [-0.2, 0) is 9.84 Å². The zero-order chi connectivity index (χ0) is 15.1. The van der Waals surface area contributed by atoms with Crippen molar-refractivity contribution in [2.45, 2.75) is 55.4 Å². The zero-order valence-electron chi connectivity index (χ0n) is 13.1. The van der Waals surface area contributed by atoms with Crippen LogP contribution in [0.1, 0.15) is 38.5 Å². The summed E-state index contributed by atoms with van der Waals surface area (Å²) in [6, 6.07) is 0.608. The van der Waals surface area contributed by atoms with Crippen LogP contribution in [0.2, 0.25) is 0 Å². The Hall–Kier alpha value is -0.170. The van der Waals surface area contributed by atoms with Crippen LogP contribution in [0.4, 0.5) is 0 Å². The van der Waals surface area contributed by atoms with E-state index in [2.05, 4.69) is 9.80 Å². The lowest BCUT2D eigenvalue weighted by Gasteiger charge is -2.42. The first-order chi connectivity index (χ1) is 9.97. The number of nitrogens with two attached hydrogens (primary N) is 1. The summed E-state index contributed by atoms with van der Waals surface area (Å²) in [4.78, 5) is 5.02. The van der Waals surface area contributed by atoms with Crippen LogP contribution < -0.4 is 5.73 Å². The monoisotopic (exact) mass is 315 g/mol. The molecule has 0 spiro atoms. The van der Waals surface area contributed by atoms with Crippen molar-refractivity contribution in [3.05, 3.63) is 0 Å². The molecule has 21 heavy (non-hydrogen) atoms. The summed E-state index contributed by atoms with van der Waals surface area (Å²) in [7, 11) is -3.03. The topological polar surface area (TPSA) is 66.6 Å². The third-order valence-electron chi connectivity index (χ3n) is 6.00. The fourth-order valence-electron chi connectivity index (χ4n) is 4.91. The molecule has 0 aromatic carbocycles. The van der Waals surface area contributed by atoms with Crippen LogP contribution in [0.15, 0.2) is 0 Å². The Morgan fingerprint density at radius 3 is 2.48 bits per heavy atom. The number of rotatable bonds is 4. The van der Waals surface area contributed by atoms with Crippen LogP contribution in [0.3, 0.4) is 0 Å². The van der Waals surface area contributed by atoms with Crippen LogP contribution in [0, 0.1) is 0 Å². The molecule has 1 saturated carbocycles. The van der Waals surface area contributed by atoms with Gasteiger partial charge < -0.3 is 5.73 Å². The number of nitrogens with zero attached hydrogens (tertiary/aromatic N) is 2. The molecule has 6 heteroatoms. The van der Waals surface area contributed by atoms with E-state index in [4.69, 9.17) is 5.73 Å². The van der Waals surface area contributed by atoms with Gasteiger partial charge in [0.15, 0.2) is 9.84 Å². The van der Waals surface area contributed by atoms with E-state index < -0.39 is 9.84 Å². The maximum atomic E-state index is 12.2. The Balaban J connectivity index is 1.77. The Morgan fingerprint density at radius 2 is 1.86 bits per heavy atom. The summed E-state index contributed by atoms with van der Waals surface area (Å²) in [5.74, 6) is 0. The highest BCUT2D eigenvalue weighted by atomic mass is 32.2. The Morgan fingerprint density at radius 1 is 1.14 bits per heavy atom. The van der Waals surface area contributed by atoms with E-state index >= 15 is 0 Å². The van der Waals surface area contributed by atoms with E-state index in [1.165, 1.54) is 32.2 Å². The molecule has 0 aromatic rings. The molecule has 3 atom stereocenters. The molecule has 0 bridgehead atoms. The van der Waals surface area contributed by atoms with Crippen LogP contribution >= 0.6 is 0 Å². The van der Waals surface area contributed by atoms with Crippen molar-refractivity contribution in [1.29, 1.82) is 0 Å². The highest BCUT2D eigenvalue weighted by Crippen LogP contribution is 2.41. The van der Waals surface area contributed by atoms with E-state index in [-0.39, 0.29) is 10.8 Å². The van der Waals surface area contributed by atoms with Crippen molar-refractivity contribution in [3.8, 4) is 0 Å². The highest BCUT2D eigenvalue weighted by molar-refractivity contribution is 7.91. The third-order valence-corrected chi connectivity index (χ3v) is 7.70. The molecule has 2 saturated heterocycles. The molecule has 3 unspecified atom stereocenters. The van der Waals surface area contributed by atoms with Crippen LogP contribution in [0.25, 0.3) is 0 Å². The lowest BCUT2D eigenvalue weighted by atomic mass is 9.95. The molecule has 2 N–H and O–H groups in total. The van der Waals surface area contributed by atoms with Gasteiger partial charge in [0.2, 0.25) is 0 Å². The minimum absolute atomic E-state index is 0.271. The lowest BCUT2D eigenvalue weighted by Crippen LogP contribution is -2.60. The first-order valence-corrected chi connectivity index (χ1v) is 10.3. The average molecular weight is 315 g/mol. The summed E-state index contributed by atoms with van der Waals surface area (Å²) in [6.07, 6.45) is 7.88. The minimum Gasteiger partial charge on any atom is -0.329 e. The molecule has 0 aromatic heterocycles. The van der Waals surface area contributed by atoms with Crippen molar-refractivity contribution in [1.82, 2.24) is 9.80 Å². The first-order valence-electron chi connectivity index (χ1n) is 8.35. The van der Waals surface area contributed by atoms with E-state index in [9.17, 15) is 8.42 Å². The number of hydrogen-bond donors (Lipinski definition) is 1. The molecular formula is C15H29N3O2S. The summed E-state index contributed by atoms with van der Waals surface area (Å²) in [5.41, 5.74) is 5.81. The summed E-state index contributed by atoms with van der Waals surface area (Å²) in [6.45, 7) is 4.90. The van der Waals surface area contributed by atoms with E-state index in [0.29, 0.717) is 12.6 Å². The molecular weight excluding hydrogens is 286 g/mol. The molecule has 2 heterocycles. The fourth-order valence-corrected chi connectivity index (χ4v) is 6.67. The molecule has 0 amide bonds. The van der Waals surface area contributed by atoms with E-state index in [0.717, 1.165) is 38.8 Å². The van der Waals surface area contributed by atoms with Gasteiger partial charge in [-0.1, -0.05) is 6.42 Å². The molecule has 0 radical (unpaired) electrons. The van der Waals surface area contributed by atoms with Crippen molar-refractivity contribution >= 4 is 9.84 Å². The van der Waals surface area contributed by atoms with Crippen molar-refractivity contribution in [2.75, 3.05) is 39.0 Å². The molecule has 5 nitrogen and oxygen atoms in total. The van der Waals surface area contributed by atoms with Crippen LogP contribution in [0.5, 0.6) is 0 Å². The number of sulfone groups is 1. The van der Waals surface area contributed by atoms with Gasteiger partial charge in [-0.05, 0) is 45.2 Å². The molecule has 3 fully saturated rings. The normalized spacial score (nSPS) is 39.3. The zero-order valence-corrected chi connectivity index (χ0v) is 13.9. The van der Waals surface area contributed by atoms with Crippen LogP contribution in [-0.4, -0.2) is 74.0 Å². The van der Waals surface area contributed by atoms with Crippen molar-refractivity contribution < 1.29 is 8.42 Å². The molecule has 3 rings (SSSR count). The minimum atomic E-state index is -3.03. The maximum Gasteiger partial charge on any atom is 0.152 e. The molecule has 3 aliphatic rings. The molecule has 2 aliphatic heterocycles. The second-order valence-electron chi connectivity index (χ2n) is 7.15. The van der Waals surface area contributed by atoms with Gasteiger partial charge in [0.1, 0.15) is 0 Å². The first kappa shape index (κ1) is 15.7.